The van der Waals surface area contributed by atoms with E-state index in [-0.39, 0.29) is 57.6 Å². The maximum atomic E-state index is 5.96. The minimum atomic E-state index is -0.476. The Morgan fingerprint density at radius 3 is 0.656 bits per heavy atom. The molecule has 0 aromatic rings. The zero-order valence-electron chi connectivity index (χ0n) is 23.3. The van der Waals surface area contributed by atoms with Crippen molar-refractivity contribution in [3.8, 4) is 0 Å². The van der Waals surface area contributed by atoms with Crippen molar-refractivity contribution < 1.29 is 27.9 Å². The molecule has 0 spiro atoms. The van der Waals surface area contributed by atoms with Crippen LogP contribution in [0.25, 0.3) is 0 Å². The van der Waals surface area contributed by atoms with Crippen molar-refractivity contribution in [2.45, 2.75) is 137 Å². The topological polar surface area (TPSA) is 55.4 Å². The summed E-state index contributed by atoms with van der Waals surface area (Å²) < 4.78 is 34.9. The van der Waals surface area contributed by atoms with Gasteiger partial charge in [-0.2, -0.15) is 0 Å². The molecule has 0 N–H and O–H groups in total. The van der Waals surface area contributed by atoms with Gasteiger partial charge in [-0.05, 0) is 89.9 Å². The summed E-state index contributed by atoms with van der Waals surface area (Å²) in [6.45, 7) is 30.3. The summed E-state index contributed by atoms with van der Waals surface area (Å²) in [4.78, 5) is 0. The van der Waals surface area contributed by atoms with Crippen LogP contribution in [0.3, 0.4) is 0 Å². The number of hydrogen-bond acceptors (Lipinski definition) is 6. The molecular weight excluding hydrogens is 402 g/mol. The molecule has 180 valence electrons. The van der Waals surface area contributed by atoms with Gasteiger partial charge < -0.3 is 27.9 Å². The first-order chi connectivity index (χ1) is 13.2. The molecule has 0 bridgehead atoms. The Bertz CT molecular complexity index is 513. The van der Waals surface area contributed by atoms with Crippen molar-refractivity contribution in [2.24, 2.45) is 0 Å². The average Bonchev–Trinajstić information content (AvgIpc) is 2.96. The monoisotopic (exact) mass is 448 g/mol. The molecule has 3 fully saturated rings. The van der Waals surface area contributed by atoms with E-state index >= 15 is 0 Å². The summed E-state index contributed by atoms with van der Waals surface area (Å²) in [5, 5.41) is 0. The van der Waals surface area contributed by atoms with Crippen molar-refractivity contribution in [1.82, 2.24) is 0 Å². The third kappa shape index (κ3) is 6.82. The van der Waals surface area contributed by atoms with Crippen LogP contribution < -0.4 is 0 Å². The van der Waals surface area contributed by atoms with Gasteiger partial charge in [0.25, 0.3) is 0 Å². The standard InChI is InChI=1S/C12H24B2O4.C7H15BO2.C2H6.2B/c1-9(2)10(3,4)16-13(15-9)14-17-11(5,6)12(7,8)18-14;1-6(2)7(3,4)10-8(5)9-6;1-2;;/h1-8H3;1-5H3;1-2H3;;. The van der Waals surface area contributed by atoms with Gasteiger partial charge in [-0.25, -0.2) is 0 Å². The van der Waals surface area contributed by atoms with Crippen LogP contribution in [0.5, 0.6) is 0 Å². The molecule has 6 nitrogen and oxygen atoms in total. The Morgan fingerprint density at radius 2 is 0.531 bits per heavy atom. The van der Waals surface area contributed by atoms with Gasteiger partial charge in [0, 0.05) is 16.8 Å². The Morgan fingerprint density at radius 1 is 0.375 bits per heavy atom. The van der Waals surface area contributed by atoms with Gasteiger partial charge in [0.15, 0.2) is 0 Å². The second kappa shape index (κ2) is 10.8. The van der Waals surface area contributed by atoms with Gasteiger partial charge in [0.05, 0.1) is 33.6 Å². The normalized spacial score (nSPS) is 27.3. The predicted octanol–water partition coefficient (Wildman–Crippen LogP) is 4.22. The van der Waals surface area contributed by atoms with E-state index in [0.717, 1.165) is 0 Å². The van der Waals surface area contributed by atoms with Crippen molar-refractivity contribution >= 4 is 38.0 Å². The molecule has 6 radical (unpaired) electrons. The van der Waals surface area contributed by atoms with Crippen LogP contribution >= 0.6 is 0 Å². The van der Waals surface area contributed by atoms with Gasteiger partial charge in [0.1, 0.15) is 0 Å². The van der Waals surface area contributed by atoms with E-state index in [2.05, 4.69) is 27.7 Å². The SMILES string of the molecule is CB1OC(C)(C)C(C)(C)O1.CC.CC1(C)OB(B2OC(C)(C)C(C)(C)O2)OC1(C)C.[B].[B]. The summed E-state index contributed by atoms with van der Waals surface area (Å²) in [5.74, 6) is 0. The Balaban J connectivity index is 0. The molecule has 3 saturated heterocycles. The highest BCUT2D eigenvalue weighted by Crippen LogP contribution is 2.43. The summed E-state index contributed by atoms with van der Waals surface area (Å²) in [5.41, 5.74) is -1.76. The molecule has 0 saturated carbocycles. The molecule has 3 rings (SSSR count). The van der Waals surface area contributed by atoms with E-state index in [1.54, 1.807) is 0 Å². The van der Waals surface area contributed by atoms with Gasteiger partial charge in [-0.3, -0.25) is 0 Å². The molecule has 11 heteroatoms. The fourth-order valence-corrected chi connectivity index (χ4v) is 3.14. The molecule has 3 aliphatic heterocycles. The van der Waals surface area contributed by atoms with Crippen LogP contribution in [0.4, 0.5) is 0 Å². The first kappa shape index (κ1) is 34.3. The fraction of sp³-hybridized carbons (Fsp3) is 1.00. The lowest BCUT2D eigenvalue weighted by atomic mass is 9.49. The van der Waals surface area contributed by atoms with Gasteiger partial charge in [-0.1, -0.05) is 13.8 Å². The maximum absolute atomic E-state index is 5.96. The molecule has 3 aliphatic rings. The van der Waals surface area contributed by atoms with E-state index in [1.807, 2.05) is 76.1 Å². The highest BCUT2D eigenvalue weighted by atomic mass is 16.7. The lowest BCUT2D eigenvalue weighted by Crippen LogP contribution is -2.41. The highest BCUT2D eigenvalue weighted by Gasteiger charge is 2.63. The number of rotatable bonds is 1. The van der Waals surface area contributed by atoms with E-state index in [9.17, 15) is 0 Å². The van der Waals surface area contributed by atoms with Crippen LogP contribution in [-0.2, 0) is 27.9 Å². The fourth-order valence-electron chi connectivity index (χ4n) is 3.14. The van der Waals surface area contributed by atoms with E-state index in [4.69, 9.17) is 27.9 Å². The van der Waals surface area contributed by atoms with Crippen LogP contribution in [0.15, 0.2) is 0 Å². The molecule has 32 heavy (non-hydrogen) atoms. The Hall–Kier alpha value is 0.0847. The summed E-state index contributed by atoms with van der Waals surface area (Å²) in [6.07, 6.45) is 0. The van der Waals surface area contributed by atoms with Crippen molar-refractivity contribution in [3.05, 3.63) is 0 Å². The Labute approximate surface area is 203 Å². The van der Waals surface area contributed by atoms with E-state index < -0.39 is 14.0 Å². The van der Waals surface area contributed by atoms with Crippen LogP contribution in [-0.4, -0.2) is 71.6 Å². The first-order valence-electron chi connectivity index (χ1n) is 11.3. The molecular formula is C21H45B5O6. The van der Waals surface area contributed by atoms with Gasteiger partial charge in [0.2, 0.25) is 0 Å². The summed E-state index contributed by atoms with van der Waals surface area (Å²) in [7, 11) is -1.02. The third-order valence-electron chi connectivity index (χ3n) is 7.14. The minimum Gasteiger partial charge on any atom is -0.405 e. The summed E-state index contributed by atoms with van der Waals surface area (Å²) >= 11 is 0. The van der Waals surface area contributed by atoms with Gasteiger partial charge in [-0.15, -0.1) is 0 Å². The molecule has 0 aromatic carbocycles. The van der Waals surface area contributed by atoms with Crippen molar-refractivity contribution in [2.75, 3.05) is 0 Å². The highest BCUT2D eigenvalue weighted by molar-refractivity contribution is 7.11. The van der Waals surface area contributed by atoms with E-state index in [1.165, 1.54) is 0 Å². The Kier molecular flexibility index (Phi) is 11.5. The average molecular weight is 448 g/mol. The molecule has 0 atom stereocenters. The molecule has 0 amide bonds. The second-order valence-electron chi connectivity index (χ2n) is 11.1. The third-order valence-corrected chi connectivity index (χ3v) is 7.14. The summed E-state index contributed by atoms with van der Waals surface area (Å²) in [6, 6.07) is 0. The molecule has 0 unspecified atom stereocenters. The largest absolute Gasteiger partial charge is 0.488 e. The van der Waals surface area contributed by atoms with E-state index in [0.29, 0.717) is 0 Å². The maximum Gasteiger partial charge on any atom is 0.488 e. The smallest absolute Gasteiger partial charge is 0.405 e. The number of hydrogen-bond donors (Lipinski definition) is 0. The van der Waals surface area contributed by atoms with Crippen LogP contribution in [0, 0.1) is 0 Å². The zero-order chi connectivity index (χ0) is 24.0. The molecule has 3 heterocycles. The molecule has 0 aliphatic carbocycles. The van der Waals surface area contributed by atoms with Crippen LogP contribution in [0.1, 0.15) is 96.9 Å². The van der Waals surface area contributed by atoms with Crippen LogP contribution in [0.2, 0.25) is 6.82 Å². The van der Waals surface area contributed by atoms with Crippen molar-refractivity contribution in [1.29, 1.82) is 0 Å². The predicted molar refractivity (Wildman–Crippen MR) is 137 cm³/mol. The lowest BCUT2D eigenvalue weighted by molar-refractivity contribution is 0.00578. The molecule has 0 aromatic heterocycles. The van der Waals surface area contributed by atoms with Crippen molar-refractivity contribution in [3.63, 3.8) is 0 Å². The first-order valence-corrected chi connectivity index (χ1v) is 11.3. The zero-order valence-corrected chi connectivity index (χ0v) is 23.3. The van der Waals surface area contributed by atoms with Gasteiger partial charge >= 0.3 is 21.1 Å². The quantitative estimate of drug-likeness (QED) is 0.561. The minimum absolute atomic E-state index is 0. The second-order valence-corrected chi connectivity index (χ2v) is 11.1. The lowest BCUT2D eigenvalue weighted by Gasteiger charge is -2.32.